The van der Waals surface area contributed by atoms with Crippen molar-refractivity contribution in [1.29, 1.82) is 0 Å². The summed E-state index contributed by atoms with van der Waals surface area (Å²) in [6.07, 6.45) is -2.17. The van der Waals surface area contributed by atoms with E-state index in [4.69, 9.17) is 0 Å². The van der Waals surface area contributed by atoms with E-state index in [0.717, 1.165) is 0 Å². The fourth-order valence-corrected chi connectivity index (χ4v) is 1.42. The van der Waals surface area contributed by atoms with Crippen LogP contribution in [0.2, 0.25) is 0 Å². The second kappa shape index (κ2) is 4.08. The molecule has 0 N–H and O–H groups in total. The zero-order valence-corrected chi connectivity index (χ0v) is 8.88. The zero-order chi connectivity index (χ0) is 10.0. The fourth-order valence-electron chi connectivity index (χ4n) is 0.913. The van der Waals surface area contributed by atoms with Gasteiger partial charge in [0.25, 0.3) is 6.43 Å². The predicted molar refractivity (Wildman–Crippen MR) is 52.0 cm³/mol. The first-order valence-electron chi connectivity index (χ1n) is 3.46. The maximum atomic E-state index is 12.3. The van der Waals surface area contributed by atoms with Crippen LogP contribution >= 0.6 is 22.6 Å². The molecule has 0 radical (unpaired) electrons. The molecule has 0 atom stereocenters. The number of carbonyl (C=O) groups is 1. The lowest BCUT2D eigenvalue weighted by Gasteiger charge is -2.05. The maximum Gasteiger partial charge on any atom is 0.281 e. The number of hydrogen-bond donors (Lipinski definition) is 0. The highest BCUT2D eigenvalue weighted by molar-refractivity contribution is 14.1. The van der Waals surface area contributed by atoms with Gasteiger partial charge in [0, 0.05) is 3.57 Å². The van der Waals surface area contributed by atoms with E-state index in [1.807, 2.05) is 0 Å². The molecule has 0 aromatic carbocycles. The van der Waals surface area contributed by atoms with E-state index < -0.39 is 6.43 Å². The number of nitrogens with zero attached hydrogens (tertiary/aromatic N) is 1. The quantitative estimate of drug-likeness (QED) is 0.620. The van der Waals surface area contributed by atoms with Crippen LogP contribution in [0.5, 0.6) is 0 Å². The molecule has 0 aliphatic rings. The Hall–Kier alpha value is -0.590. The van der Waals surface area contributed by atoms with E-state index in [-0.39, 0.29) is 11.4 Å². The van der Waals surface area contributed by atoms with Gasteiger partial charge in [0.1, 0.15) is 11.4 Å². The number of carbonyl (C=O) groups excluding carboxylic acids is 1. The number of halogens is 3. The third-order valence-corrected chi connectivity index (χ3v) is 2.92. The highest BCUT2D eigenvalue weighted by Crippen LogP contribution is 2.24. The van der Waals surface area contributed by atoms with Crippen LogP contribution in [0, 0.1) is 10.5 Å². The first-order valence-corrected chi connectivity index (χ1v) is 4.54. The van der Waals surface area contributed by atoms with Gasteiger partial charge in [-0.25, -0.2) is 13.8 Å². The van der Waals surface area contributed by atoms with Crippen molar-refractivity contribution in [3.05, 3.63) is 26.6 Å². The molecule has 1 aromatic rings. The molecule has 0 saturated heterocycles. The number of rotatable bonds is 2. The summed E-state index contributed by atoms with van der Waals surface area (Å²) < 4.78 is 25.1. The van der Waals surface area contributed by atoms with Gasteiger partial charge in [0.15, 0.2) is 6.29 Å². The largest absolute Gasteiger partial charge is 0.296 e. The molecule has 0 unspecified atom stereocenters. The Bertz CT molecular complexity index is 341. The van der Waals surface area contributed by atoms with Crippen LogP contribution in [0.25, 0.3) is 0 Å². The second-order valence-corrected chi connectivity index (χ2v) is 3.56. The molecule has 1 aromatic heterocycles. The average Bonchev–Trinajstić information content (AvgIpc) is 2.09. The van der Waals surface area contributed by atoms with Gasteiger partial charge < -0.3 is 0 Å². The lowest BCUT2D eigenvalue weighted by atomic mass is 10.2. The predicted octanol–water partition coefficient (Wildman–Crippen LogP) is 2.74. The third-order valence-electron chi connectivity index (χ3n) is 1.51. The van der Waals surface area contributed by atoms with Crippen LogP contribution in [0.1, 0.15) is 28.2 Å². The lowest BCUT2D eigenvalue weighted by molar-refractivity contribution is 0.111. The monoisotopic (exact) mass is 297 g/mol. The Morgan fingerprint density at radius 1 is 1.62 bits per heavy atom. The fraction of sp³-hybridized carbons (Fsp3) is 0.250. The Labute approximate surface area is 87.5 Å². The van der Waals surface area contributed by atoms with Crippen molar-refractivity contribution < 1.29 is 13.6 Å². The normalized spacial score (nSPS) is 10.5. The topological polar surface area (TPSA) is 30.0 Å². The highest BCUT2D eigenvalue weighted by Gasteiger charge is 2.16. The lowest BCUT2D eigenvalue weighted by Crippen LogP contribution is -2.01. The molecule has 13 heavy (non-hydrogen) atoms. The molecule has 1 rings (SSSR count). The number of hydrogen-bond acceptors (Lipinski definition) is 2. The Balaban J connectivity index is 3.32. The minimum absolute atomic E-state index is 0.0493. The summed E-state index contributed by atoms with van der Waals surface area (Å²) in [4.78, 5) is 13.9. The van der Waals surface area contributed by atoms with Gasteiger partial charge in [-0.3, -0.25) is 4.79 Å². The van der Waals surface area contributed by atoms with Crippen LogP contribution in [-0.2, 0) is 0 Å². The van der Waals surface area contributed by atoms with Crippen molar-refractivity contribution in [3.8, 4) is 0 Å². The number of aldehydes is 1. The molecule has 0 amide bonds. The SMILES string of the molecule is Cc1cc(C=O)nc(C(F)F)c1I. The Morgan fingerprint density at radius 2 is 2.23 bits per heavy atom. The number of pyridine rings is 1. The summed E-state index contributed by atoms with van der Waals surface area (Å²) >= 11 is 1.79. The van der Waals surface area contributed by atoms with Crippen molar-refractivity contribution in [3.63, 3.8) is 0 Å². The van der Waals surface area contributed by atoms with Crippen molar-refractivity contribution in [1.82, 2.24) is 4.98 Å². The molecule has 0 bridgehead atoms. The van der Waals surface area contributed by atoms with E-state index in [0.29, 0.717) is 15.4 Å². The van der Waals surface area contributed by atoms with Gasteiger partial charge in [-0.1, -0.05) is 0 Å². The number of aromatic nitrogens is 1. The molecule has 5 heteroatoms. The van der Waals surface area contributed by atoms with Crippen LogP contribution < -0.4 is 0 Å². The minimum atomic E-state index is -2.63. The summed E-state index contributed by atoms with van der Waals surface area (Å²) in [5, 5.41) is 0. The molecule has 70 valence electrons. The van der Waals surface area contributed by atoms with Crippen LogP contribution in [0.15, 0.2) is 6.07 Å². The third kappa shape index (κ3) is 2.20. The van der Waals surface area contributed by atoms with Crippen LogP contribution in [-0.4, -0.2) is 11.3 Å². The summed E-state index contributed by atoms with van der Waals surface area (Å²) in [5.41, 5.74) is 0.379. The smallest absolute Gasteiger partial charge is 0.281 e. The van der Waals surface area contributed by atoms with Crippen LogP contribution in [0.3, 0.4) is 0 Å². The average molecular weight is 297 g/mol. The number of aryl methyl sites for hydroxylation is 1. The first kappa shape index (κ1) is 10.5. The molecule has 2 nitrogen and oxygen atoms in total. The maximum absolute atomic E-state index is 12.3. The summed E-state index contributed by atoms with van der Waals surface area (Å²) in [5.74, 6) is 0. The highest BCUT2D eigenvalue weighted by atomic mass is 127. The van der Waals surface area contributed by atoms with Gasteiger partial charge in [0.05, 0.1) is 0 Å². The molecule has 0 saturated carbocycles. The van der Waals surface area contributed by atoms with E-state index in [1.54, 1.807) is 29.5 Å². The molecule has 0 spiro atoms. The second-order valence-electron chi connectivity index (χ2n) is 2.48. The minimum Gasteiger partial charge on any atom is -0.296 e. The molecule has 0 aliphatic heterocycles. The van der Waals surface area contributed by atoms with Gasteiger partial charge in [-0.2, -0.15) is 0 Å². The molecule has 1 heterocycles. The standard InChI is InChI=1S/C8H6F2INO/c1-4-2-5(3-13)12-7(6(4)11)8(9)10/h2-3,8H,1H3. The van der Waals surface area contributed by atoms with Gasteiger partial charge in [-0.05, 0) is 41.1 Å². The number of alkyl halides is 2. The van der Waals surface area contributed by atoms with Gasteiger partial charge >= 0.3 is 0 Å². The van der Waals surface area contributed by atoms with Crippen molar-refractivity contribution in [2.45, 2.75) is 13.3 Å². The molecular formula is C8H6F2INO. The van der Waals surface area contributed by atoms with Crippen molar-refractivity contribution in [2.24, 2.45) is 0 Å². The van der Waals surface area contributed by atoms with E-state index in [9.17, 15) is 13.6 Å². The summed E-state index contributed by atoms with van der Waals surface area (Å²) in [6.45, 7) is 1.67. The van der Waals surface area contributed by atoms with Crippen LogP contribution in [0.4, 0.5) is 8.78 Å². The molecule has 0 fully saturated rings. The first-order chi connectivity index (χ1) is 6.06. The van der Waals surface area contributed by atoms with E-state index in [1.165, 1.54) is 6.07 Å². The molecular weight excluding hydrogens is 291 g/mol. The van der Waals surface area contributed by atoms with E-state index in [2.05, 4.69) is 4.98 Å². The van der Waals surface area contributed by atoms with E-state index >= 15 is 0 Å². The zero-order valence-electron chi connectivity index (χ0n) is 6.72. The van der Waals surface area contributed by atoms with Gasteiger partial charge in [-0.15, -0.1) is 0 Å². The molecule has 0 aliphatic carbocycles. The summed E-state index contributed by atoms with van der Waals surface area (Å²) in [7, 11) is 0. The summed E-state index contributed by atoms with van der Waals surface area (Å²) in [6, 6.07) is 1.49. The Morgan fingerprint density at radius 3 is 2.69 bits per heavy atom. The van der Waals surface area contributed by atoms with Gasteiger partial charge in [0.2, 0.25) is 0 Å². The van der Waals surface area contributed by atoms with Crippen molar-refractivity contribution >= 4 is 28.9 Å². The Kier molecular flexibility index (Phi) is 3.29. The van der Waals surface area contributed by atoms with Crippen molar-refractivity contribution in [2.75, 3.05) is 0 Å².